The maximum Gasteiger partial charge on any atom is 0.225 e. The summed E-state index contributed by atoms with van der Waals surface area (Å²) in [4.78, 5) is 28.6. The molecule has 2 aliphatic rings. The number of carbonyl (C=O) groups is 2. The van der Waals surface area contributed by atoms with Gasteiger partial charge in [0.2, 0.25) is 11.8 Å². The monoisotopic (exact) mass is 359 g/mol. The second-order valence-electron chi connectivity index (χ2n) is 7.17. The smallest absolute Gasteiger partial charge is 0.225 e. The van der Waals surface area contributed by atoms with E-state index in [1.54, 1.807) is 0 Å². The number of likely N-dealkylation sites (tertiary alicyclic amines) is 1. The Labute approximate surface area is 152 Å². The molecule has 2 amide bonds. The molecule has 24 heavy (non-hydrogen) atoms. The molecule has 0 aromatic rings. The molecule has 6 heteroatoms. The van der Waals surface area contributed by atoms with Gasteiger partial charge in [0.1, 0.15) is 0 Å². The van der Waals surface area contributed by atoms with Crippen LogP contribution in [0.2, 0.25) is 0 Å². The molecule has 0 radical (unpaired) electrons. The van der Waals surface area contributed by atoms with Crippen molar-refractivity contribution in [3.05, 3.63) is 0 Å². The molecule has 0 aromatic heterocycles. The summed E-state index contributed by atoms with van der Waals surface area (Å²) in [5.41, 5.74) is 0. The van der Waals surface area contributed by atoms with Crippen LogP contribution in [-0.4, -0.2) is 61.4 Å². The van der Waals surface area contributed by atoms with Gasteiger partial charge in [-0.1, -0.05) is 13.3 Å². The highest BCUT2D eigenvalue weighted by atomic mass is 35.5. The van der Waals surface area contributed by atoms with E-state index in [2.05, 4.69) is 12.2 Å². The van der Waals surface area contributed by atoms with E-state index >= 15 is 0 Å². The number of piperidine rings is 1. The molecule has 0 bridgehead atoms. The molecule has 1 unspecified atom stereocenters. The van der Waals surface area contributed by atoms with Crippen molar-refractivity contribution in [1.29, 1.82) is 0 Å². The van der Waals surface area contributed by atoms with Crippen LogP contribution in [0.25, 0.3) is 0 Å². The normalized spacial score (nSPS) is 21.4. The first kappa shape index (κ1) is 21.2. The van der Waals surface area contributed by atoms with Crippen LogP contribution in [-0.2, 0) is 9.59 Å². The fourth-order valence-corrected chi connectivity index (χ4v) is 3.64. The summed E-state index contributed by atoms with van der Waals surface area (Å²) in [6, 6.07) is 0. The third kappa shape index (κ3) is 6.25. The molecule has 140 valence electrons. The van der Waals surface area contributed by atoms with Gasteiger partial charge in [-0.05, 0) is 51.1 Å². The van der Waals surface area contributed by atoms with Crippen LogP contribution >= 0.6 is 12.4 Å². The molecule has 0 aromatic carbocycles. The van der Waals surface area contributed by atoms with Gasteiger partial charge in [-0.2, -0.15) is 0 Å². The third-order valence-corrected chi connectivity index (χ3v) is 5.35. The van der Waals surface area contributed by atoms with Crippen molar-refractivity contribution in [3.8, 4) is 0 Å². The van der Waals surface area contributed by atoms with Crippen LogP contribution < -0.4 is 5.32 Å². The number of halogens is 1. The molecule has 1 N–H and O–H groups in total. The Morgan fingerprint density at radius 3 is 2.50 bits per heavy atom. The number of nitrogens with zero attached hydrogens (tertiary/aromatic N) is 2. The van der Waals surface area contributed by atoms with Crippen LogP contribution in [0.4, 0.5) is 0 Å². The zero-order valence-corrected chi connectivity index (χ0v) is 16.1. The van der Waals surface area contributed by atoms with Crippen LogP contribution in [0, 0.1) is 11.8 Å². The summed E-state index contributed by atoms with van der Waals surface area (Å²) in [7, 11) is 1.91. The quantitative estimate of drug-likeness (QED) is 0.758. The van der Waals surface area contributed by atoms with E-state index in [1.165, 1.54) is 6.42 Å². The van der Waals surface area contributed by atoms with Gasteiger partial charge < -0.3 is 15.1 Å². The van der Waals surface area contributed by atoms with Gasteiger partial charge in [-0.25, -0.2) is 0 Å². The van der Waals surface area contributed by atoms with Crippen LogP contribution in [0.3, 0.4) is 0 Å². The van der Waals surface area contributed by atoms with Gasteiger partial charge in [-0.3, -0.25) is 9.59 Å². The van der Waals surface area contributed by atoms with Crippen molar-refractivity contribution in [1.82, 2.24) is 15.1 Å². The van der Waals surface area contributed by atoms with Crippen molar-refractivity contribution in [2.45, 2.75) is 51.9 Å². The summed E-state index contributed by atoms with van der Waals surface area (Å²) in [5, 5.41) is 3.35. The molecule has 2 heterocycles. The third-order valence-electron chi connectivity index (χ3n) is 5.35. The number of carbonyl (C=O) groups excluding carboxylic acids is 2. The number of amides is 2. The zero-order chi connectivity index (χ0) is 16.7. The molecule has 0 aliphatic carbocycles. The van der Waals surface area contributed by atoms with Gasteiger partial charge in [0.05, 0.1) is 0 Å². The van der Waals surface area contributed by atoms with Gasteiger partial charge >= 0.3 is 0 Å². The maximum absolute atomic E-state index is 12.4. The summed E-state index contributed by atoms with van der Waals surface area (Å²) in [6.07, 6.45) is 6.70. The van der Waals surface area contributed by atoms with Crippen molar-refractivity contribution in [2.75, 3.05) is 39.8 Å². The minimum absolute atomic E-state index is 0. The lowest BCUT2D eigenvalue weighted by atomic mass is 9.94. The van der Waals surface area contributed by atoms with Crippen molar-refractivity contribution in [2.24, 2.45) is 11.8 Å². The zero-order valence-electron chi connectivity index (χ0n) is 15.3. The molecule has 1 atom stereocenters. The Morgan fingerprint density at radius 1 is 1.21 bits per heavy atom. The fourth-order valence-electron chi connectivity index (χ4n) is 3.64. The molecular weight excluding hydrogens is 326 g/mol. The Balaban J connectivity index is 0.00000288. The van der Waals surface area contributed by atoms with Gasteiger partial charge in [0.25, 0.3) is 0 Å². The Bertz CT molecular complexity index is 392. The largest absolute Gasteiger partial charge is 0.346 e. The average molecular weight is 360 g/mol. The van der Waals surface area contributed by atoms with Crippen LogP contribution in [0.15, 0.2) is 0 Å². The Kier molecular flexibility index (Phi) is 9.67. The molecular formula is C18H34ClN3O2. The highest BCUT2D eigenvalue weighted by Gasteiger charge is 2.29. The van der Waals surface area contributed by atoms with Crippen LogP contribution in [0.1, 0.15) is 51.9 Å². The first-order valence-corrected chi connectivity index (χ1v) is 9.35. The minimum Gasteiger partial charge on any atom is -0.346 e. The number of hydrogen-bond donors (Lipinski definition) is 1. The molecule has 2 aliphatic heterocycles. The van der Waals surface area contributed by atoms with Gasteiger partial charge in [-0.15, -0.1) is 12.4 Å². The number of unbranched alkanes of at least 4 members (excludes halogenated alkanes) is 1. The number of hydrogen-bond acceptors (Lipinski definition) is 3. The van der Waals surface area contributed by atoms with Crippen molar-refractivity contribution >= 4 is 24.2 Å². The molecule has 5 nitrogen and oxygen atoms in total. The Morgan fingerprint density at radius 2 is 1.92 bits per heavy atom. The standard InChI is InChI=1S/C18H33N3O2.ClH/c1-3-4-11-20(2)18(23)16-8-12-21(13-9-16)17(22)6-5-15-7-10-19-14-15;/h15-16,19H,3-14H2,1-2H3;1H. The molecule has 0 spiro atoms. The first-order valence-electron chi connectivity index (χ1n) is 9.35. The molecule has 2 saturated heterocycles. The SMILES string of the molecule is CCCCN(C)C(=O)C1CCN(C(=O)CCC2CCNC2)CC1.Cl. The minimum atomic E-state index is 0. The van der Waals surface area contributed by atoms with E-state index in [9.17, 15) is 9.59 Å². The Hall–Kier alpha value is -0.810. The van der Waals surface area contributed by atoms with Crippen LogP contribution in [0.5, 0.6) is 0 Å². The summed E-state index contributed by atoms with van der Waals surface area (Å²) >= 11 is 0. The molecule has 2 rings (SSSR count). The maximum atomic E-state index is 12.4. The van der Waals surface area contributed by atoms with E-state index < -0.39 is 0 Å². The predicted molar refractivity (Wildman–Crippen MR) is 99.3 cm³/mol. The van der Waals surface area contributed by atoms with Crippen molar-refractivity contribution in [3.63, 3.8) is 0 Å². The van der Waals surface area contributed by atoms with E-state index in [0.717, 1.165) is 64.8 Å². The van der Waals surface area contributed by atoms with E-state index in [0.29, 0.717) is 12.3 Å². The van der Waals surface area contributed by atoms with Crippen molar-refractivity contribution < 1.29 is 9.59 Å². The predicted octanol–water partition coefficient (Wildman–Crippen LogP) is 2.30. The van der Waals surface area contributed by atoms with E-state index in [1.807, 2.05) is 16.8 Å². The highest BCUT2D eigenvalue weighted by molar-refractivity contribution is 5.85. The highest BCUT2D eigenvalue weighted by Crippen LogP contribution is 2.21. The number of rotatable bonds is 7. The summed E-state index contributed by atoms with van der Waals surface area (Å²) in [6.45, 7) is 6.65. The average Bonchev–Trinajstić information content (AvgIpc) is 3.10. The fraction of sp³-hybridized carbons (Fsp3) is 0.889. The lowest BCUT2D eigenvalue weighted by Crippen LogP contribution is -2.43. The topological polar surface area (TPSA) is 52.7 Å². The lowest BCUT2D eigenvalue weighted by Gasteiger charge is -2.33. The van der Waals surface area contributed by atoms with E-state index in [4.69, 9.17) is 0 Å². The summed E-state index contributed by atoms with van der Waals surface area (Å²) in [5.74, 6) is 1.33. The second-order valence-corrected chi connectivity index (χ2v) is 7.17. The first-order chi connectivity index (χ1) is 11.1. The van der Waals surface area contributed by atoms with E-state index in [-0.39, 0.29) is 30.1 Å². The molecule has 0 saturated carbocycles. The lowest BCUT2D eigenvalue weighted by molar-refractivity contribution is -0.140. The van der Waals surface area contributed by atoms with Gasteiger partial charge in [0, 0.05) is 39.0 Å². The molecule has 2 fully saturated rings. The number of nitrogens with one attached hydrogen (secondary N) is 1. The summed E-state index contributed by atoms with van der Waals surface area (Å²) < 4.78 is 0. The second kappa shape index (κ2) is 10.9. The van der Waals surface area contributed by atoms with Gasteiger partial charge in [0.15, 0.2) is 0 Å².